The molecule has 2 heterocycles. The molecule has 0 radical (unpaired) electrons. The largest absolute Gasteiger partial charge is 0.497 e. The first-order valence-corrected chi connectivity index (χ1v) is 9.74. The number of rotatable bonds is 6. The molecule has 0 saturated carbocycles. The molecule has 0 unspecified atom stereocenters. The second-order valence-electron chi connectivity index (χ2n) is 6.07. The number of carbonyl (C=O) groups is 2. The van der Waals surface area contributed by atoms with Crippen molar-refractivity contribution in [2.24, 2.45) is 0 Å². The van der Waals surface area contributed by atoms with E-state index in [9.17, 15) is 9.59 Å². The lowest BCUT2D eigenvalue weighted by Crippen LogP contribution is -2.12. The van der Waals surface area contributed by atoms with E-state index in [2.05, 4.69) is 10.1 Å². The van der Waals surface area contributed by atoms with E-state index < -0.39 is 5.97 Å². The molecule has 0 fully saturated rings. The zero-order chi connectivity index (χ0) is 20.4. The Morgan fingerprint density at radius 2 is 1.86 bits per heavy atom. The van der Waals surface area contributed by atoms with E-state index in [4.69, 9.17) is 9.47 Å². The van der Waals surface area contributed by atoms with Gasteiger partial charge in [0.25, 0.3) is 0 Å². The summed E-state index contributed by atoms with van der Waals surface area (Å²) in [6.45, 7) is 1.89. The Labute approximate surface area is 170 Å². The topological polar surface area (TPSA) is 83.3 Å². The summed E-state index contributed by atoms with van der Waals surface area (Å²) in [7, 11) is 1.58. The van der Waals surface area contributed by atoms with Crippen LogP contribution in [-0.2, 0) is 4.74 Å². The number of thiazole rings is 1. The molecule has 0 atom stereocenters. The van der Waals surface area contributed by atoms with Gasteiger partial charge in [0.15, 0.2) is 10.7 Å². The Hall–Kier alpha value is -3.52. The van der Waals surface area contributed by atoms with Crippen LogP contribution in [0.3, 0.4) is 0 Å². The number of ether oxygens (including phenoxy) is 2. The Bertz CT molecular complexity index is 1160. The lowest BCUT2D eigenvalue weighted by molar-refractivity contribution is 0.0516. The van der Waals surface area contributed by atoms with Crippen molar-refractivity contribution in [2.75, 3.05) is 13.7 Å². The minimum absolute atomic E-state index is 0.0353. The lowest BCUT2D eigenvalue weighted by Gasteiger charge is -2.03. The van der Waals surface area contributed by atoms with Gasteiger partial charge in [-0.3, -0.25) is 4.79 Å². The number of nitrogens with zero attached hydrogens (tertiary/aromatic N) is 3. The van der Waals surface area contributed by atoms with E-state index in [1.165, 1.54) is 22.2 Å². The third-order valence-corrected chi connectivity index (χ3v) is 5.29. The monoisotopic (exact) mass is 407 g/mol. The molecule has 4 aromatic rings. The SMILES string of the molecule is CCOC(=O)c1nn(-c2ccc(OC)cc2)cc1C(=O)c1nc2ccccc2s1. The van der Waals surface area contributed by atoms with Gasteiger partial charge in [0, 0.05) is 6.20 Å². The maximum Gasteiger partial charge on any atom is 0.359 e. The molecule has 0 saturated heterocycles. The molecule has 4 rings (SSSR count). The number of esters is 1. The smallest absolute Gasteiger partial charge is 0.359 e. The molecule has 0 aliphatic rings. The van der Waals surface area contributed by atoms with E-state index in [0.29, 0.717) is 16.4 Å². The summed E-state index contributed by atoms with van der Waals surface area (Å²) < 4.78 is 12.6. The third kappa shape index (κ3) is 3.62. The highest BCUT2D eigenvalue weighted by atomic mass is 32.1. The van der Waals surface area contributed by atoms with Crippen LogP contribution in [0.2, 0.25) is 0 Å². The van der Waals surface area contributed by atoms with Crippen LogP contribution in [0.5, 0.6) is 5.75 Å². The third-order valence-electron chi connectivity index (χ3n) is 4.25. The van der Waals surface area contributed by atoms with Crippen molar-refractivity contribution >= 4 is 33.3 Å². The minimum atomic E-state index is -0.649. The van der Waals surface area contributed by atoms with Crippen molar-refractivity contribution in [2.45, 2.75) is 6.92 Å². The predicted octanol–water partition coefficient (Wildman–Crippen LogP) is 3.90. The van der Waals surface area contributed by atoms with E-state index in [-0.39, 0.29) is 23.6 Å². The van der Waals surface area contributed by atoms with Gasteiger partial charge >= 0.3 is 5.97 Å². The van der Waals surface area contributed by atoms with E-state index in [0.717, 1.165) is 10.2 Å². The van der Waals surface area contributed by atoms with Crippen molar-refractivity contribution in [3.05, 3.63) is 71.0 Å². The summed E-state index contributed by atoms with van der Waals surface area (Å²) in [6, 6.07) is 14.6. The van der Waals surface area contributed by atoms with Gasteiger partial charge in [-0.25, -0.2) is 14.5 Å². The Morgan fingerprint density at radius 1 is 1.10 bits per heavy atom. The van der Waals surface area contributed by atoms with Crippen molar-refractivity contribution in [1.82, 2.24) is 14.8 Å². The van der Waals surface area contributed by atoms with Gasteiger partial charge in [0.2, 0.25) is 5.78 Å². The Balaban J connectivity index is 1.78. The fraction of sp³-hybridized carbons (Fsp3) is 0.143. The molecule has 7 nitrogen and oxygen atoms in total. The molecular weight excluding hydrogens is 390 g/mol. The van der Waals surface area contributed by atoms with Crippen molar-refractivity contribution in [3.63, 3.8) is 0 Å². The molecular formula is C21H17N3O4S. The highest BCUT2D eigenvalue weighted by molar-refractivity contribution is 7.20. The number of hydrogen-bond acceptors (Lipinski definition) is 7. The quantitative estimate of drug-likeness (QED) is 0.356. The average molecular weight is 407 g/mol. The summed E-state index contributed by atoms with van der Waals surface area (Å²) in [5.41, 5.74) is 1.53. The summed E-state index contributed by atoms with van der Waals surface area (Å²) in [5.74, 6) is -0.324. The standard InChI is InChI=1S/C21H17N3O4S/c1-3-28-21(26)18-15(12-24(23-18)13-8-10-14(27-2)11-9-13)19(25)20-22-16-6-4-5-7-17(16)29-20/h4-12H,3H2,1-2H3. The fourth-order valence-electron chi connectivity index (χ4n) is 2.84. The lowest BCUT2D eigenvalue weighted by atomic mass is 10.1. The predicted molar refractivity (Wildman–Crippen MR) is 109 cm³/mol. The first kappa shape index (κ1) is 18.8. The van der Waals surface area contributed by atoms with Crippen LogP contribution in [0.4, 0.5) is 0 Å². The van der Waals surface area contributed by atoms with Gasteiger partial charge in [0.05, 0.1) is 35.2 Å². The second kappa shape index (κ2) is 7.84. The van der Waals surface area contributed by atoms with E-state index >= 15 is 0 Å². The molecule has 0 aliphatic carbocycles. The highest BCUT2D eigenvalue weighted by Gasteiger charge is 2.26. The summed E-state index contributed by atoms with van der Waals surface area (Å²) in [4.78, 5) is 30.0. The Kier molecular flexibility index (Phi) is 5.09. The zero-order valence-corrected chi connectivity index (χ0v) is 16.6. The second-order valence-corrected chi connectivity index (χ2v) is 7.10. The molecule has 8 heteroatoms. The number of benzene rings is 2. The number of hydrogen-bond donors (Lipinski definition) is 0. The molecule has 2 aromatic carbocycles. The molecule has 0 N–H and O–H groups in total. The number of methoxy groups -OCH3 is 1. The van der Waals surface area contributed by atoms with E-state index in [1.807, 2.05) is 24.3 Å². The maximum atomic E-state index is 13.2. The first-order valence-electron chi connectivity index (χ1n) is 8.92. The van der Waals surface area contributed by atoms with Crippen LogP contribution in [0, 0.1) is 0 Å². The number of carbonyl (C=O) groups excluding carboxylic acids is 2. The fourth-order valence-corrected chi connectivity index (χ4v) is 3.76. The molecule has 2 aromatic heterocycles. The average Bonchev–Trinajstić information content (AvgIpc) is 3.38. The van der Waals surface area contributed by atoms with Crippen molar-refractivity contribution < 1.29 is 19.1 Å². The molecule has 29 heavy (non-hydrogen) atoms. The summed E-state index contributed by atoms with van der Waals surface area (Å²) >= 11 is 1.28. The van der Waals surface area contributed by atoms with Crippen molar-refractivity contribution in [1.29, 1.82) is 0 Å². The van der Waals surface area contributed by atoms with Crippen LogP contribution in [0.25, 0.3) is 15.9 Å². The normalized spacial score (nSPS) is 10.8. The van der Waals surface area contributed by atoms with Gasteiger partial charge in [-0.05, 0) is 43.3 Å². The van der Waals surface area contributed by atoms with Crippen LogP contribution < -0.4 is 4.74 Å². The van der Waals surface area contributed by atoms with Gasteiger partial charge in [-0.2, -0.15) is 5.10 Å². The van der Waals surface area contributed by atoms with E-state index in [1.54, 1.807) is 38.3 Å². The van der Waals surface area contributed by atoms with Crippen molar-refractivity contribution in [3.8, 4) is 11.4 Å². The summed E-state index contributed by atoms with van der Waals surface area (Å²) in [6.07, 6.45) is 1.53. The molecule has 0 aliphatic heterocycles. The van der Waals surface area contributed by atoms with Gasteiger partial charge < -0.3 is 9.47 Å². The zero-order valence-electron chi connectivity index (χ0n) is 15.8. The molecule has 0 amide bonds. The van der Waals surface area contributed by atoms with Gasteiger partial charge in [-0.1, -0.05) is 12.1 Å². The number of aromatic nitrogens is 3. The number of ketones is 1. The van der Waals surface area contributed by atoms with Crippen LogP contribution in [-0.4, -0.2) is 40.2 Å². The number of para-hydroxylation sites is 1. The molecule has 0 bridgehead atoms. The maximum absolute atomic E-state index is 13.2. The molecule has 146 valence electrons. The van der Waals surface area contributed by atoms with Gasteiger partial charge in [0.1, 0.15) is 5.75 Å². The van der Waals surface area contributed by atoms with Gasteiger partial charge in [-0.15, -0.1) is 11.3 Å². The van der Waals surface area contributed by atoms with Crippen LogP contribution in [0.15, 0.2) is 54.7 Å². The van der Waals surface area contributed by atoms with Crippen LogP contribution in [0.1, 0.15) is 32.8 Å². The number of fused-ring (bicyclic) bond motifs is 1. The highest BCUT2D eigenvalue weighted by Crippen LogP contribution is 2.25. The molecule has 0 spiro atoms. The first-order chi connectivity index (χ1) is 14.1. The van der Waals surface area contributed by atoms with Crippen LogP contribution >= 0.6 is 11.3 Å². The Morgan fingerprint density at radius 3 is 2.55 bits per heavy atom. The summed E-state index contributed by atoms with van der Waals surface area (Å²) in [5, 5.41) is 4.61. The minimum Gasteiger partial charge on any atom is -0.497 e.